The Morgan fingerprint density at radius 2 is 1.64 bits per heavy atom. The van der Waals surface area contributed by atoms with Crippen molar-refractivity contribution < 1.29 is 14.3 Å². The van der Waals surface area contributed by atoms with E-state index in [1.807, 2.05) is 11.8 Å². The Kier molecular flexibility index (Phi) is 9.17. The molecule has 2 heterocycles. The average molecular weight is 376 g/mol. The summed E-state index contributed by atoms with van der Waals surface area (Å²) in [5.41, 5.74) is 6.19. The first-order valence-electron chi connectivity index (χ1n) is 9.32. The number of amides is 2. The predicted octanol–water partition coefficient (Wildman–Crippen LogP) is 1.56. The highest BCUT2D eigenvalue weighted by molar-refractivity contribution is 5.85. The molecular formula is C18H34ClN3O3. The van der Waals surface area contributed by atoms with Crippen molar-refractivity contribution >= 4 is 24.2 Å². The van der Waals surface area contributed by atoms with Gasteiger partial charge in [0.05, 0.1) is 6.04 Å². The number of carbonyl (C=O) groups is 2. The van der Waals surface area contributed by atoms with Gasteiger partial charge in [-0.3, -0.25) is 9.59 Å². The fourth-order valence-corrected chi connectivity index (χ4v) is 3.36. The molecule has 2 unspecified atom stereocenters. The van der Waals surface area contributed by atoms with Gasteiger partial charge in [0.2, 0.25) is 11.8 Å². The number of nitrogens with two attached hydrogens (primary N) is 1. The van der Waals surface area contributed by atoms with E-state index in [0.29, 0.717) is 32.2 Å². The molecule has 2 aliphatic rings. The Hall–Kier alpha value is -0.850. The number of carbonyl (C=O) groups excluding carboxylic acids is 2. The summed E-state index contributed by atoms with van der Waals surface area (Å²) in [7, 11) is 0. The van der Waals surface area contributed by atoms with Crippen LogP contribution in [-0.2, 0) is 14.3 Å². The zero-order valence-corrected chi connectivity index (χ0v) is 16.5. The van der Waals surface area contributed by atoms with Gasteiger partial charge in [-0.25, -0.2) is 0 Å². The molecule has 2 fully saturated rings. The van der Waals surface area contributed by atoms with E-state index in [0.717, 1.165) is 25.7 Å². The van der Waals surface area contributed by atoms with Crippen LogP contribution in [0, 0.1) is 17.8 Å². The van der Waals surface area contributed by atoms with Crippen LogP contribution in [-0.4, -0.2) is 55.1 Å². The van der Waals surface area contributed by atoms with E-state index in [2.05, 4.69) is 19.2 Å². The van der Waals surface area contributed by atoms with Gasteiger partial charge >= 0.3 is 0 Å². The highest BCUT2D eigenvalue weighted by Crippen LogP contribution is 2.22. The topological polar surface area (TPSA) is 84.7 Å². The van der Waals surface area contributed by atoms with E-state index in [1.165, 1.54) is 0 Å². The molecule has 2 rings (SSSR count). The highest BCUT2D eigenvalue weighted by atomic mass is 35.5. The first-order chi connectivity index (χ1) is 11.4. The van der Waals surface area contributed by atoms with Gasteiger partial charge in [0.25, 0.3) is 0 Å². The van der Waals surface area contributed by atoms with Gasteiger partial charge in [-0.15, -0.1) is 12.4 Å². The van der Waals surface area contributed by atoms with Crippen molar-refractivity contribution in [1.82, 2.24) is 10.2 Å². The van der Waals surface area contributed by atoms with Crippen molar-refractivity contribution in [3.05, 3.63) is 0 Å². The van der Waals surface area contributed by atoms with Crippen LogP contribution in [0.5, 0.6) is 0 Å². The molecule has 146 valence electrons. The van der Waals surface area contributed by atoms with Crippen molar-refractivity contribution in [2.75, 3.05) is 26.3 Å². The van der Waals surface area contributed by atoms with E-state index in [1.54, 1.807) is 0 Å². The van der Waals surface area contributed by atoms with Gasteiger partial charge < -0.3 is 20.7 Å². The normalized spacial score (nSPS) is 22.2. The number of hydrogen-bond donors (Lipinski definition) is 2. The highest BCUT2D eigenvalue weighted by Gasteiger charge is 2.33. The summed E-state index contributed by atoms with van der Waals surface area (Å²) < 4.78 is 5.34. The molecule has 0 aromatic rings. The number of piperidine rings is 1. The molecular weight excluding hydrogens is 342 g/mol. The molecule has 0 saturated carbocycles. The Morgan fingerprint density at radius 3 is 2.16 bits per heavy atom. The maximum absolute atomic E-state index is 12.6. The van der Waals surface area contributed by atoms with Gasteiger partial charge in [0.1, 0.15) is 0 Å². The first-order valence-corrected chi connectivity index (χ1v) is 9.32. The van der Waals surface area contributed by atoms with Gasteiger partial charge in [-0.2, -0.15) is 0 Å². The number of nitrogens with zero attached hydrogens (tertiary/aromatic N) is 1. The zero-order valence-electron chi connectivity index (χ0n) is 15.7. The van der Waals surface area contributed by atoms with E-state index in [4.69, 9.17) is 10.5 Å². The molecule has 0 bridgehead atoms. The van der Waals surface area contributed by atoms with Crippen LogP contribution < -0.4 is 11.1 Å². The van der Waals surface area contributed by atoms with Crippen molar-refractivity contribution in [1.29, 1.82) is 0 Å². The Bertz CT molecular complexity index is 433. The van der Waals surface area contributed by atoms with Gasteiger partial charge in [0.15, 0.2) is 0 Å². The second kappa shape index (κ2) is 10.3. The fraction of sp³-hybridized carbons (Fsp3) is 0.889. The van der Waals surface area contributed by atoms with Crippen LogP contribution in [0.15, 0.2) is 0 Å². The molecule has 0 radical (unpaired) electrons. The monoisotopic (exact) mass is 375 g/mol. The van der Waals surface area contributed by atoms with Gasteiger partial charge in [-0.1, -0.05) is 13.8 Å². The minimum Gasteiger partial charge on any atom is -0.381 e. The van der Waals surface area contributed by atoms with Gasteiger partial charge in [0, 0.05) is 38.3 Å². The molecule has 2 amide bonds. The number of hydrogen-bond acceptors (Lipinski definition) is 4. The number of likely N-dealkylation sites (tertiary alicyclic amines) is 1. The lowest BCUT2D eigenvalue weighted by Gasteiger charge is -2.36. The van der Waals surface area contributed by atoms with E-state index >= 15 is 0 Å². The molecule has 0 aromatic carbocycles. The molecule has 25 heavy (non-hydrogen) atoms. The van der Waals surface area contributed by atoms with Gasteiger partial charge in [-0.05, 0) is 44.4 Å². The maximum Gasteiger partial charge on any atom is 0.239 e. The molecule has 6 nitrogen and oxygen atoms in total. The summed E-state index contributed by atoms with van der Waals surface area (Å²) in [6.07, 6.45) is 3.17. The van der Waals surface area contributed by atoms with Crippen molar-refractivity contribution in [3.8, 4) is 0 Å². The molecule has 0 spiro atoms. The molecule has 0 aromatic heterocycles. The van der Waals surface area contributed by atoms with Crippen LogP contribution in [0.1, 0.15) is 46.5 Å². The summed E-state index contributed by atoms with van der Waals surface area (Å²) in [5.74, 6) is 0.815. The number of nitrogens with one attached hydrogen (secondary N) is 1. The summed E-state index contributed by atoms with van der Waals surface area (Å²) >= 11 is 0. The number of ether oxygens (including phenoxy) is 1. The fourth-order valence-electron chi connectivity index (χ4n) is 3.36. The van der Waals surface area contributed by atoms with Crippen LogP contribution >= 0.6 is 12.4 Å². The molecule has 2 saturated heterocycles. The number of halogens is 1. The largest absolute Gasteiger partial charge is 0.381 e. The maximum atomic E-state index is 12.6. The lowest BCUT2D eigenvalue weighted by molar-refractivity contribution is -0.138. The quantitative estimate of drug-likeness (QED) is 0.763. The standard InChI is InChI=1S/C18H33N3O3.ClH/c1-12(2)13(3)20-17(22)15-4-8-21(9-5-15)18(23)16(19)14-6-10-24-11-7-14;/h12-16H,4-11,19H2,1-3H3,(H,20,22);1H. The van der Waals surface area contributed by atoms with E-state index in [9.17, 15) is 9.59 Å². The van der Waals surface area contributed by atoms with Crippen LogP contribution in [0.4, 0.5) is 0 Å². The predicted molar refractivity (Wildman–Crippen MR) is 101 cm³/mol. The molecule has 2 atom stereocenters. The van der Waals surface area contributed by atoms with E-state index in [-0.39, 0.29) is 42.1 Å². The smallest absolute Gasteiger partial charge is 0.239 e. The zero-order chi connectivity index (χ0) is 17.7. The lowest BCUT2D eigenvalue weighted by Crippen LogP contribution is -2.52. The summed E-state index contributed by atoms with van der Waals surface area (Å²) in [6.45, 7) is 8.89. The van der Waals surface area contributed by atoms with Crippen LogP contribution in [0.3, 0.4) is 0 Å². The lowest BCUT2D eigenvalue weighted by atomic mass is 9.90. The average Bonchev–Trinajstić information content (AvgIpc) is 2.61. The third kappa shape index (κ3) is 6.12. The first kappa shape index (κ1) is 22.2. The third-order valence-electron chi connectivity index (χ3n) is 5.61. The molecule has 0 aliphatic carbocycles. The molecule has 3 N–H and O–H groups in total. The second-order valence-corrected chi connectivity index (χ2v) is 7.62. The number of rotatable bonds is 5. The minimum atomic E-state index is -0.430. The SMILES string of the molecule is CC(C)C(C)NC(=O)C1CCN(C(=O)C(N)C2CCOCC2)CC1.Cl. The Labute approximate surface area is 157 Å². The van der Waals surface area contributed by atoms with Crippen LogP contribution in [0.2, 0.25) is 0 Å². The summed E-state index contributed by atoms with van der Waals surface area (Å²) in [4.78, 5) is 26.8. The third-order valence-corrected chi connectivity index (χ3v) is 5.61. The summed E-state index contributed by atoms with van der Waals surface area (Å²) in [5, 5.41) is 3.09. The van der Waals surface area contributed by atoms with Crippen molar-refractivity contribution in [2.45, 2.75) is 58.5 Å². The van der Waals surface area contributed by atoms with Crippen molar-refractivity contribution in [3.63, 3.8) is 0 Å². The minimum absolute atomic E-state index is 0. The van der Waals surface area contributed by atoms with E-state index < -0.39 is 6.04 Å². The summed E-state index contributed by atoms with van der Waals surface area (Å²) in [6, 6.07) is -0.251. The Morgan fingerprint density at radius 1 is 1.08 bits per heavy atom. The molecule has 7 heteroatoms. The van der Waals surface area contributed by atoms with Crippen molar-refractivity contribution in [2.24, 2.45) is 23.5 Å². The Balaban J connectivity index is 0.00000312. The molecule has 2 aliphatic heterocycles. The van der Waals surface area contributed by atoms with Crippen LogP contribution in [0.25, 0.3) is 0 Å². The second-order valence-electron chi connectivity index (χ2n) is 7.62.